The molecule has 0 bridgehead atoms. The van der Waals surface area contributed by atoms with E-state index in [1.54, 1.807) is 34.2 Å². The first kappa shape index (κ1) is 34.6. The van der Waals surface area contributed by atoms with Gasteiger partial charge < -0.3 is 15.4 Å². The molecule has 1 aliphatic heterocycles. The van der Waals surface area contributed by atoms with Crippen LogP contribution in [0.25, 0.3) is 0 Å². The maximum absolute atomic E-state index is 11.7. The molecular formula is C21H35FN3O6W-. The van der Waals surface area contributed by atoms with Gasteiger partial charge in [0.1, 0.15) is 0 Å². The first-order valence-electron chi connectivity index (χ1n) is 10.2. The van der Waals surface area contributed by atoms with E-state index < -0.39 is 6.04 Å². The third-order valence-corrected chi connectivity index (χ3v) is 4.76. The third-order valence-electron chi connectivity index (χ3n) is 4.76. The normalized spacial score (nSPS) is 16.6. The Morgan fingerprint density at radius 1 is 1.09 bits per heavy atom. The van der Waals surface area contributed by atoms with Gasteiger partial charge in [-0.25, -0.2) is 0 Å². The van der Waals surface area contributed by atoms with Gasteiger partial charge in [-0.2, -0.15) is 10.8 Å². The number of hydrogen-bond donors (Lipinski definition) is 2. The number of rotatable bonds is 8. The Hall–Kier alpha value is -1.96. The van der Waals surface area contributed by atoms with Crippen LogP contribution in [-0.2, 0) is 49.8 Å². The molecule has 2 N–H and O–H groups in total. The van der Waals surface area contributed by atoms with Crippen molar-refractivity contribution in [3.63, 3.8) is 0 Å². The number of carbonyl (C=O) groups is 5. The number of nitrogens with zero attached hydrogens (tertiary/aromatic N) is 1. The molecule has 0 aromatic rings. The van der Waals surface area contributed by atoms with E-state index in [1.165, 1.54) is 11.9 Å². The van der Waals surface area contributed by atoms with E-state index in [2.05, 4.69) is 10.6 Å². The van der Waals surface area contributed by atoms with Gasteiger partial charge in [-0.3, -0.25) is 35.2 Å². The zero-order chi connectivity index (χ0) is 24.6. The summed E-state index contributed by atoms with van der Waals surface area (Å²) in [7, 11) is 4.64. The number of likely N-dealkylation sites (tertiary alicyclic amines) is 1. The summed E-state index contributed by atoms with van der Waals surface area (Å²) in [5.41, 5.74) is 0. The second-order valence-corrected chi connectivity index (χ2v) is 7.34. The van der Waals surface area contributed by atoms with E-state index in [0.717, 1.165) is 0 Å². The van der Waals surface area contributed by atoms with Crippen LogP contribution < -0.4 is 10.6 Å². The molecule has 0 spiro atoms. The Morgan fingerprint density at radius 3 is 1.94 bits per heavy atom. The Kier molecular flexibility index (Phi) is 21.3. The fourth-order valence-corrected chi connectivity index (χ4v) is 2.45. The van der Waals surface area contributed by atoms with E-state index in [-0.39, 0.29) is 75.3 Å². The van der Waals surface area contributed by atoms with Gasteiger partial charge in [-0.1, -0.05) is 27.2 Å². The molecule has 3 atom stereocenters. The van der Waals surface area contributed by atoms with Crippen LogP contribution in [0.5, 0.6) is 0 Å². The molecule has 32 heavy (non-hydrogen) atoms. The predicted molar refractivity (Wildman–Crippen MR) is 113 cm³/mol. The molecule has 1 fully saturated rings. The van der Waals surface area contributed by atoms with Crippen molar-refractivity contribution in [1.29, 1.82) is 0 Å². The molecule has 1 heterocycles. The molecule has 1 rings (SSSR count). The van der Waals surface area contributed by atoms with Gasteiger partial charge in [0.15, 0.2) is 0 Å². The summed E-state index contributed by atoms with van der Waals surface area (Å²) in [5.74, 6) is -0.616. The largest absolute Gasteiger partial charge is 0.542 e. The quantitative estimate of drug-likeness (QED) is 0.237. The number of amides is 4. The number of piperidine rings is 1. The molecule has 0 radical (unpaired) electrons. The van der Waals surface area contributed by atoms with Crippen LogP contribution >= 0.6 is 0 Å². The van der Waals surface area contributed by atoms with Crippen LogP contribution in [0.4, 0.5) is 4.39 Å². The first-order valence-corrected chi connectivity index (χ1v) is 10.2. The molecule has 1 aliphatic rings. The SMILES string of the molecule is CC1CCC(=O)N(C)C1=O.CNC(=O)C(C)CCC(=O)F.CNC(=O)C(C)CC[C-]=O.[W]. The molecule has 3 unspecified atom stereocenters. The van der Waals surface area contributed by atoms with Crippen molar-refractivity contribution in [3.8, 4) is 0 Å². The van der Waals surface area contributed by atoms with E-state index in [1.807, 2.05) is 6.92 Å². The Labute approximate surface area is 203 Å². The zero-order valence-corrected chi connectivity index (χ0v) is 22.6. The topological polar surface area (TPSA) is 130 Å². The molecule has 0 aliphatic carbocycles. The van der Waals surface area contributed by atoms with Crippen LogP contribution in [0.15, 0.2) is 0 Å². The van der Waals surface area contributed by atoms with Gasteiger partial charge in [0.2, 0.25) is 23.6 Å². The molecule has 11 heteroatoms. The molecule has 4 amide bonds. The van der Waals surface area contributed by atoms with Crippen LogP contribution in [0.3, 0.4) is 0 Å². The van der Waals surface area contributed by atoms with Crippen molar-refractivity contribution >= 4 is 36.0 Å². The zero-order valence-electron chi connectivity index (χ0n) is 19.7. The van der Waals surface area contributed by atoms with Gasteiger partial charge >= 0.3 is 6.04 Å². The second-order valence-electron chi connectivity index (χ2n) is 7.34. The Morgan fingerprint density at radius 2 is 1.56 bits per heavy atom. The summed E-state index contributed by atoms with van der Waals surface area (Å²) >= 11 is 0. The van der Waals surface area contributed by atoms with Gasteiger partial charge in [-0.15, -0.1) is 0 Å². The second kappa shape index (κ2) is 19.7. The number of halogens is 1. The van der Waals surface area contributed by atoms with Crippen LogP contribution in [-0.4, -0.2) is 62.0 Å². The minimum absolute atomic E-state index is 0. The average molecular weight is 628 g/mol. The summed E-state index contributed by atoms with van der Waals surface area (Å²) in [5, 5.41) is 4.92. The van der Waals surface area contributed by atoms with Crippen molar-refractivity contribution in [2.24, 2.45) is 17.8 Å². The molecule has 1 saturated heterocycles. The van der Waals surface area contributed by atoms with Crippen molar-refractivity contribution < 1.29 is 54.2 Å². The van der Waals surface area contributed by atoms with Crippen LogP contribution in [0.2, 0.25) is 0 Å². The van der Waals surface area contributed by atoms with E-state index in [4.69, 9.17) is 0 Å². The average Bonchev–Trinajstić information content (AvgIpc) is 2.76. The van der Waals surface area contributed by atoms with Crippen LogP contribution in [0, 0.1) is 17.8 Å². The fraction of sp³-hybridized carbons (Fsp3) is 0.714. The summed E-state index contributed by atoms with van der Waals surface area (Å²) < 4.78 is 11.7. The molecule has 0 aromatic heterocycles. The smallest absolute Gasteiger partial charge is 0.301 e. The summed E-state index contributed by atoms with van der Waals surface area (Å²) in [6.07, 6.45) is 4.00. The van der Waals surface area contributed by atoms with Crippen LogP contribution in [0.1, 0.15) is 59.3 Å². The first-order chi connectivity index (χ1) is 14.4. The molecule has 0 aromatic carbocycles. The molecule has 184 valence electrons. The minimum atomic E-state index is -1.36. The summed E-state index contributed by atoms with van der Waals surface area (Å²) in [6, 6.07) is -1.36. The monoisotopic (exact) mass is 628 g/mol. The Bertz CT molecular complexity index is 631. The van der Waals surface area contributed by atoms with Crippen molar-refractivity contribution in [2.45, 2.75) is 59.3 Å². The van der Waals surface area contributed by atoms with Gasteiger partial charge in [-0.05, 0) is 12.8 Å². The van der Waals surface area contributed by atoms with E-state index in [9.17, 15) is 33.2 Å². The van der Waals surface area contributed by atoms with E-state index >= 15 is 0 Å². The maximum atomic E-state index is 11.7. The summed E-state index contributed by atoms with van der Waals surface area (Å²) in [6.45, 7) is 5.29. The van der Waals surface area contributed by atoms with Crippen molar-refractivity contribution in [2.75, 3.05) is 21.1 Å². The van der Waals surface area contributed by atoms with Gasteiger partial charge in [0, 0.05) is 72.8 Å². The van der Waals surface area contributed by atoms with E-state index in [0.29, 0.717) is 25.7 Å². The summed E-state index contributed by atoms with van der Waals surface area (Å²) in [4.78, 5) is 64.3. The molecule has 0 saturated carbocycles. The van der Waals surface area contributed by atoms with Crippen molar-refractivity contribution in [3.05, 3.63) is 0 Å². The standard InChI is InChI=1S/C7H12FNO2.C7H11NO2.C7H12NO2.W/c1-5(7(11)9-2)3-4-6(8)10;1-5-3-4-6(9)8(2)7(5)10;1-6(4-3-5-9)7(10)8-2;/h5H,3-4H2,1-2H3,(H,9,11);5H,3-4H2,1-2H3;6H,3-4H2,1-2H3,(H,8,10);/q;;-1;. The predicted octanol–water partition coefficient (Wildman–Crippen LogP) is 1.30. The van der Waals surface area contributed by atoms with Gasteiger partial charge in [0.05, 0.1) is 0 Å². The number of imide groups is 1. The third kappa shape index (κ3) is 15.8. The number of hydrogen-bond acceptors (Lipinski definition) is 6. The van der Waals surface area contributed by atoms with Crippen molar-refractivity contribution in [1.82, 2.24) is 15.5 Å². The number of nitrogens with one attached hydrogen (secondary N) is 2. The molecule has 9 nitrogen and oxygen atoms in total. The fourth-order valence-electron chi connectivity index (χ4n) is 2.45. The molecular weight excluding hydrogens is 593 g/mol. The number of carbonyl (C=O) groups excluding carboxylic acids is 6. The minimum Gasteiger partial charge on any atom is -0.542 e. The van der Waals surface area contributed by atoms with Gasteiger partial charge in [0.25, 0.3) is 0 Å². The maximum Gasteiger partial charge on any atom is 0.301 e. The Balaban J connectivity index is -0.000000389.